The van der Waals surface area contributed by atoms with Gasteiger partial charge in [0.2, 0.25) is 0 Å². The van der Waals surface area contributed by atoms with Crippen LogP contribution in [0.2, 0.25) is 0 Å². The summed E-state index contributed by atoms with van der Waals surface area (Å²) >= 11 is 0. The van der Waals surface area contributed by atoms with Crippen LogP contribution in [0.3, 0.4) is 0 Å². The van der Waals surface area contributed by atoms with Gasteiger partial charge in [-0.2, -0.15) is 0 Å². The first kappa shape index (κ1) is 18.0. The Bertz CT molecular complexity index is 465. The maximum Gasteiger partial charge on any atom is 0.513 e. The zero-order chi connectivity index (χ0) is 16.7. The maximum atomic E-state index is 11.8. The van der Waals surface area contributed by atoms with Crippen molar-refractivity contribution in [3.63, 3.8) is 0 Å². The fourth-order valence-corrected chi connectivity index (χ4v) is 2.08. The van der Waals surface area contributed by atoms with E-state index in [1.165, 1.54) is 14.2 Å². The van der Waals surface area contributed by atoms with E-state index in [0.29, 0.717) is 6.42 Å². The number of allylic oxidation sites excluding steroid dienone is 1. The van der Waals surface area contributed by atoms with Gasteiger partial charge in [-0.3, -0.25) is 4.79 Å². The molecule has 0 heterocycles. The fraction of sp³-hybridized carbons (Fsp3) is 0.667. The molecular formula is C15H22O7. The highest BCUT2D eigenvalue weighted by atomic mass is 16.7. The first-order valence-electron chi connectivity index (χ1n) is 7.11. The van der Waals surface area contributed by atoms with Crippen LogP contribution in [0.25, 0.3) is 0 Å². The molecule has 124 valence electrons. The minimum Gasteiger partial charge on any atom is -0.469 e. The highest BCUT2D eigenvalue weighted by Crippen LogP contribution is 2.32. The molecule has 0 fully saturated rings. The summed E-state index contributed by atoms with van der Waals surface area (Å²) in [6, 6.07) is 0. The summed E-state index contributed by atoms with van der Waals surface area (Å²) in [5, 5.41) is 0. The van der Waals surface area contributed by atoms with Crippen molar-refractivity contribution in [3.05, 3.63) is 11.3 Å². The summed E-state index contributed by atoms with van der Waals surface area (Å²) in [5.41, 5.74) is 0.172. The normalized spacial score (nSPS) is 18.0. The summed E-state index contributed by atoms with van der Waals surface area (Å²) < 4.78 is 19.4. The molecule has 0 radical (unpaired) electrons. The molecule has 0 saturated heterocycles. The van der Waals surface area contributed by atoms with Crippen LogP contribution >= 0.6 is 0 Å². The second kappa shape index (κ2) is 8.41. The summed E-state index contributed by atoms with van der Waals surface area (Å²) in [5.74, 6) is -1.10. The molecule has 7 nitrogen and oxygen atoms in total. The predicted octanol–water partition coefficient (Wildman–Crippen LogP) is 2.20. The highest BCUT2D eigenvalue weighted by molar-refractivity contribution is 5.90. The van der Waals surface area contributed by atoms with Gasteiger partial charge in [-0.05, 0) is 18.8 Å². The molecular weight excluding hydrogens is 292 g/mol. The molecule has 1 atom stereocenters. The van der Waals surface area contributed by atoms with Crippen LogP contribution < -0.4 is 0 Å². The number of rotatable bonds is 5. The molecule has 0 aromatic carbocycles. The molecule has 0 spiro atoms. The molecule has 1 unspecified atom stereocenters. The molecule has 0 aromatic heterocycles. The van der Waals surface area contributed by atoms with E-state index in [1.807, 2.05) is 13.8 Å². The van der Waals surface area contributed by atoms with E-state index in [0.717, 1.165) is 0 Å². The lowest BCUT2D eigenvalue weighted by molar-refractivity contribution is -0.146. The van der Waals surface area contributed by atoms with Gasteiger partial charge >= 0.3 is 18.1 Å². The lowest BCUT2D eigenvalue weighted by Gasteiger charge is -2.23. The number of carbonyl (C=O) groups is 3. The van der Waals surface area contributed by atoms with Gasteiger partial charge in [0.1, 0.15) is 5.76 Å². The number of carbonyl (C=O) groups excluding carboxylic acids is 3. The molecule has 0 aliphatic heterocycles. The number of methoxy groups -OCH3 is 2. The number of esters is 2. The molecule has 1 aliphatic rings. The smallest absolute Gasteiger partial charge is 0.469 e. The van der Waals surface area contributed by atoms with Crippen molar-refractivity contribution < 1.29 is 33.3 Å². The highest BCUT2D eigenvalue weighted by Gasteiger charge is 2.33. The average Bonchev–Trinajstić information content (AvgIpc) is 2.51. The van der Waals surface area contributed by atoms with Gasteiger partial charge in [-0.25, -0.2) is 9.59 Å². The van der Waals surface area contributed by atoms with Crippen molar-refractivity contribution in [2.24, 2.45) is 11.8 Å². The van der Waals surface area contributed by atoms with Crippen molar-refractivity contribution in [3.8, 4) is 0 Å². The summed E-state index contributed by atoms with van der Waals surface area (Å²) in [4.78, 5) is 35.0. The predicted molar refractivity (Wildman–Crippen MR) is 75.7 cm³/mol. The Labute approximate surface area is 129 Å². The first-order valence-corrected chi connectivity index (χ1v) is 7.11. The third-order valence-electron chi connectivity index (χ3n) is 3.21. The van der Waals surface area contributed by atoms with Crippen molar-refractivity contribution in [1.29, 1.82) is 0 Å². The van der Waals surface area contributed by atoms with E-state index in [9.17, 15) is 14.4 Å². The molecule has 0 aromatic rings. The second-order valence-corrected chi connectivity index (χ2v) is 5.41. The van der Waals surface area contributed by atoms with Crippen LogP contribution in [0.5, 0.6) is 0 Å². The summed E-state index contributed by atoms with van der Waals surface area (Å²) in [6.45, 7) is 4.02. The number of hydrogen-bond acceptors (Lipinski definition) is 7. The van der Waals surface area contributed by atoms with Crippen molar-refractivity contribution >= 4 is 18.1 Å². The van der Waals surface area contributed by atoms with Crippen LogP contribution in [0, 0.1) is 11.8 Å². The molecule has 0 bridgehead atoms. The van der Waals surface area contributed by atoms with Crippen molar-refractivity contribution in [2.45, 2.75) is 33.1 Å². The van der Waals surface area contributed by atoms with E-state index in [4.69, 9.17) is 9.47 Å². The molecule has 0 N–H and O–H groups in total. The molecule has 0 saturated carbocycles. The van der Waals surface area contributed by atoms with Gasteiger partial charge in [0.25, 0.3) is 0 Å². The van der Waals surface area contributed by atoms with Gasteiger partial charge in [0, 0.05) is 6.42 Å². The lowest BCUT2D eigenvalue weighted by Crippen LogP contribution is -2.26. The van der Waals surface area contributed by atoms with Gasteiger partial charge in [0.15, 0.2) is 0 Å². The summed E-state index contributed by atoms with van der Waals surface area (Å²) in [7, 11) is 2.52. The molecule has 0 amide bonds. The Morgan fingerprint density at radius 2 is 1.86 bits per heavy atom. The van der Waals surface area contributed by atoms with Gasteiger partial charge in [0.05, 0.1) is 32.3 Å². The molecule has 1 rings (SSSR count). The van der Waals surface area contributed by atoms with Crippen LogP contribution in [-0.2, 0) is 28.5 Å². The van der Waals surface area contributed by atoms with E-state index in [2.05, 4.69) is 9.47 Å². The van der Waals surface area contributed by atoms with Crippen LogP contribution in [-0.4, -0.2) is 38.9 Å². The Morgan fingerprint density at radius 3 is 2.41 bits per heavy atom. The van der Waals surface area contributed by atoms with Gasteiger partial charge < -0.3 is 18.9 Å². The summed E-state index contributed by atoms with van der Waals surface area (Å²) in [6.07, 6.45) is -0.0470. The Morgan fingerprint density at radius 1 is 1.18 bits per heavy atom. The second-order valence-electron chi connectivity index (χ2n) is 5.41. The third-order valence-corrected chi connectivity index (χ3v) is 3.21. The topological polar surface area (TPSA) is 88.1 Å². The minimum atomic E-state index is -0.860. The van der Waals surface area contributed by atoms with Gasteiger partial charge in [-0.15, -0.1) is 0 Å². The largest absolute Gasteiger partial charge is 0.513 e. The first-order chi connectivity index (χ1) is 10.4. The standard InChI is InChI=1S/C15H22O7/c1-9(2)8-21-15(18)22-12-6-5-10(13(16)19-3)7-11(12)14(17)20-4/h9-10H,5-8H2,1-4H3. The van der Waals surface area contributed by atoms with E-state index >= 15 is 0 Å². The van der Waals surface area contributed by atoms with Gasteiger partial charge in [-0.1, -0.05) is 13.8 Å². The third kappa shape index (κ3) is 5.05. The monoisotopic (exact) mass is 314 g/mol. The van der Waals surface area contributed by atoms with Crippen LogP contribution in [0.1, 0.15) is 33.1 Å². The van der Waals surface area contributed by atoms with Crippen molar-refractivity contribution in [1.82, 2.24) is 0 Å². The Hall–Kier alpha value is -2.05. The number of ether oxygens (including phenoxy) is 4. The minimum absolute atomic E-state index is 0.117. The zero-order valence-electron chi connectivity index (χ0n) is 13.3. The van der Waals surface area contributed by atoms with E-state index < -0.39 is 24.0 Å². The Balaban J connectivity index is 2.82. The van der Waals surface area contributed by atoms with E-state index in [-0.39, 0.29) is 36.7 Å². The lowest BCUT2D eigenvalue weighted by atomic mass is 9.87. The zero-order valence-corrected chi connectivity index (χ0v) is 13.3. The SMILES string of the molecule is COC(=O)C1=C(OC(=O)OCC(C)C)CCC(C(=O)OC)C1. The molecule has 7 heteroatoms. The van der Waals surface area contributed by atoms with Crippen LogP contribution in [0.15, 0.2) is 11.3 Å². The number of hydrogen-bond donors (Lipinski definition) is 0. The fourth-order valence-electron chi connectivity index (χ4n) is 2.08. The average molecular weight is 314 g/mol. The van der Waals surface area contributed by atoms with Crippen LogP contribution in [0.4, 0.5) is 4.79 Å². The van der Waals surface area contributed by atoms with Crippen molar-refractivity contribution in [2.75, 3.05) is 20.8 Å². The maximum absolute atomic E-state index is 11.8. The molecule has 22 heavy (non-hydrogen) atoms. The molecule has 1 aliphatic carbocycles. The Kier molecular flexibility index (Phi) is 6.88. The van der Waals surface area contributed by atoms with E-state index in [1.54, 1.807) is 0 Å². The quantitative estimate of drug-likeness (QED) is 0.567.